The molecule has 0 spiro atoms. The van der Waals surface area contributed by atoms with E-state index in [4.69, 9.17) is 5.11 Å². The average Bonchev–Trinajstić information content (AvgIpc) is 2.28. The van der Waals surface area contributed by atoms with Crippen LogP contribution in [0.1, 0.15) is 20.8 Å². The minimum atomic E-state index is -1.07. The zero-order valence-electron chi connectivity index (χ0n) is 11.3. The largest absolute Gasteiger partial charge is 0.480 e. The molecule has 3 N–H and O–H groups in total. The van der Waals surface area contributed by atoms with Crippen molar-refractivity contribution < 1.29 is 14.7 Å². The van der Waals surface area contributed by atoms with Crippen LogP contribution in [0.25, 0.3) is 0 Å². The molecule has 0 aliphatic carbocycles. The van der Waals surface area contributed by atoms with Crippen molar-refractivity contribution in [2.75, 3.05) is 5.32 Å². The molecule has 1 aromatic carbocycles. The van der Waals surface area contributed by atoms with Gasteiger partial charge in [0, 0.05) is 8.95 Å². The zero-order chi connectivity index (χ0) is 15.5. The van der Waals surface area contributed by atoms with Crippen LogP contribution in [-0.2, 0) is 4.79 Å². The van der Waals surface area contributed by atoms with Gasteiger partial charge in [-0.2, -0.15) is 0 Å². The Balaban J connectivity index is 2.79. The number of nitrogens with one attached hydrogen (secondary N) is 2. The monoisotopic (exact) mass is 406 g/mol. The summed E-state index contributed by atoms with van der Waals surface area (Å²) in [6.07, 6.45) is 0. The van der Waals surface area contributed by atoms with E-state index in [0.29, 0.717) is 10.2 Å². The lowest BCUT2D eigenvalue weighted by molar-refractivity contribution is -0.141. The van der Waals surface area contributed by atoms with E-state index in [1.54, 1.807) is 39.0 Å². The highest BCUT2D eigenvalue weighted by Crippen LogP contribution is 2.26. The predicted octanol–water partition coefficient (Wildman–Crippen LogP) is 3.83. The Hall–Kier alpha value is -1.08. The second kappa shape index (κ2) is 6.58. The second-order valence-corrected chi connectivity index (χ2v) is 7.13. The lowest BCUT2D eigenvalue weighted by atomic mass is 9.87. The van der Waals surface area contributed by atoms with Gasteiger partial charge in [-0.15, -0.1) is 0 Å². The average molecular weight is 408 g/mol. The summed E-state index contributed by atoms with van der Waals surface area (Å²) in [5, 5.41) is 14.2. The normalized spacial score (nSPS) is 12.7. The highest BCUT2D eigenvalue weighted by atomic mass is 79.9. The second-order valence-electron chi connectivity index (χ2n) is 5.36. The fraction of sp³-hybridized carbons (Fsp3) is 0.385. The lowest BCUT2D eigenvalue weighted by Crippen LogP contribution is -2.50. The molecular formula is C13H16Br2N2O3. The Morgan fingerprint density at radius 3 is 2.30 bits per heavy atom. The molecule has 1 aromatic rings. The molecule has 2 amide bonds. The van der Waals surface area contributed by atoms with E-state index in [2.05, 4.69) is 42.5 Å². The number of urea groups is 1. The first kappa shape index (κ1) is 17.0. The summed E-state index contributed by atoms with van der Waals surface area (Å²) in [4.78, 5) is 23.1. The van der Waals surface area contributed by atoms with Crippen molar-refractivity contribution in [3.8, 4) is 0 Å². The minimum Gasteiger partial charge on any atom is -0.480 e. The van der Waals surface area contributed by atoms with Crippen LogP contribution in [0.3, 0.4) is 0 Å². The van der Waals surface area contributed by atoms with Gasteiger partial charge in [-0.05, 0) is 39.5 Å². The summed E-state index contributed by atoms with van der Waals surface area (Å²) in [6, 6.07) is 3.74. The molecule has 0 bridgehead atoms. The molecule has 1 atom stereocenters. The van der Waals surface area contributed by atoms with Gasteiger partial charge in [-0.3, -0.25) is 0 Å². The van der Waals surface area contributed by atoms with Gasteiger partial charge in [-0.1, -0.05) is 36.7 Å². The summed E-state index contributed by atoms with van der Waals surface area (Å²) >= 11 is 6.63. The maximum absolute atomic E-state index is 11.9. The van der Waals surface area contributed by atoms with Gasteiger partial charge in [0.05, 0.1) is 5.69 Å². The van der Waals surface area contributed by atoms with Crippen LogP contribution in [0.2, 0.25) is 0 Å². The fourth-order valence-electron chi connectivity index (χ4n) is 1.53. The molecule has 0 saturated carbocycles. The molecule has 0 unspecified atom stereocenters. The molecule has 0 radical (unpaired) electrons. The molecule has 0 fully saturated rings. The smallest absolute Gasteiger partial charge is 0.326 e. The number of carboxylic acids is 1. The van der Waals surface area contributed by atoms with E-state index >= 15 is 0 Å². The van der Waals surface area contributed by atoms with Gasteiger partial charge < -0.3 is 15.7 Å². The summed E-state index contributed by atoms with van der Waals surface area (Å²) in [5.74, 6) is -1.07. The topological polar surface area (TPSA) is 78.4 Å². The number of carbonyl (C=O) groups excluding carboxylic acids is 1. The summed E-state index contributed by atoms with van der Waals surface area (Å²) in [5.41, 5.74) is -0.0242. The third-order valence-corrected chi connectivity index (χ3v) is 3.72. The Kier molecular flexibility index (Phi) is 5.59. The van der Waals surface area contributed by atoms with Gasteiger partial charge in [-0.25, -0.2) is 9.59 Å². The van der Waals surface area contributed by atoms with Crippen LogP contribution in [0.4, 0.5) is 10.5 Å². The third-order valence-electron chi connectivity index (χ3n) is 2.57. The molecule has 0 saturated heterocycles. The quantitative estimate of drug-likeness (QED) is 0.712. The summed E-state index contributed by atoms with van der Waals surface area (Å²) < 4.78 is 1.57. The van der Waals surface area contributed by atoms with E-state index < -0.39 is 23.5 Å². The van der Waals surface area contributed by atoms with Crippen molar-refractivity contribution in [1.82, 2.24) is 5.32 Å². The van der Waals surface area contributed by atoms with E-state index in [1.807, 2.05) is 0 Å². The molecule has 20 heavy (non-hydrogen) atoms. The van der Waals surface area contributed by atoms with Crippen LogP contribution >= 0.6 is 31.9 Å². The highest BCUT2D eigenvalue weighted by Gasteiger charge is 2.32. The number of amides is 2. The molecular weight excluding hydrogens is 392 g/mol. The van der Waals surface area contributed by atoms with Crippen LogP contribution in [-0.4, -0.2) is 23.1 Å². The Morgan fingerprint density at radius 1 is 1.25 bits per heavy atom. The molecule has 0 heterocycles. The SMILES string of the molecule is CC(C)(C)[C@H](NC(=O)Nc1ccc(Br)cc1Br)C(=O)O. The lowest BCUT2D eigenvalue weighted by Gasteiger charge is -2.27. The maximum atomic E-state index is 11.9. The molecule has 0 aromatic heterocycles. The molecule has 110 valence electrons. The number of halogens is 2. The molecule has 1 rings (SSSR count). The molecule has 0 aliphatic heterocycles. The number of rotatable bonds is 3. The van der Waals surface area contributed by atoms with Gasteiger partial charge in [0.1, 0.15) is 6.04 Å². The van der Waals surface area contributed by atoms with Gasteiger partial charge in [0.15, 0.2) is 0 Å². The Bertz CT molecular complexity index is 527. The molecule has 7 heteroatoms. The number of aliphatic carboxylic acids is 1. The van der Waals surface area contributed by atoms with E-state index in [-0.39, 0.29) is 0 Å². The zero-order valence-corrected chi connectivity index (χ0v) is 14.5. The van der Waals surface area contributed by atoms with Crippen molar-refractivity contribution in [1.29, 1.82) is 0 Å². The van der Waals surface area contributed by atoms with E-state index in [0.717, 1.165) is 4.47 Å². The van der Waals surface area contributed by atoms with Crippen molar-refractivity contribution in [3.05, 3.63) is 27.1 Å². The van der Waals surface area contributed by atoms with Crippen molar-refractivity contribution in [2.24, 2.45) is 5.41 Å². The third kappa shape index (κ3) is 4.79. The summed E-state index contributed by atoms with van der Waals surface area (Å²) in [6.45, 7) is 5.25. The number of hydrogen-bond donors (Lipinski definition) is 3. The van der Waals surface area contributed by atoms with Crippen LogP contribution in [0, 0.1) is 5.41 Å². The minimum absolute atomic E-state index is 0.559. The van der Waals surface area contributed by atoms with Crippen molar-refractivity contribution in [3.63, 3.8) is 0 Å². The number of benzene rings is 1. The summed E-state index contributed by atoms with van der Waals surface area (Å²) in [7, 11) is 0. The number of hydrogen-bond acceptors (Lipinski definition) is 2. The maximum Gasteiger partial charge on any atom is 0.326 e. The first-order valence-corrected chi connectivity index (χ1v) is 7.45. The van der Waals surface area contributed by atoms with E-state index in [9.17, 15) is 9.59 Å². The number of anilines is 1. The first-order valence-electron chi connectivity index (χ1n) is 5.86. The number of carbonyl (C=O) groups is 2. The van der Waals surface area contributed by atoms with Crippen molar-refractivity contribution in [2.45, 2.75) is 26.8 Å². The van der Waals surface area contributed by atoms with Gasteiger partial charge in [0.25, 0.3) is 0 Å². The number of carboxylic acid groups (broad SMARTS) is 1. The predicted molar refractivity (Wildman–Crippen MR) is 84.9 cm³/mol. The molecule has 5 nitrogen and oxygen atoms in total. The Labute approximate surface area is 134 Å². The van der Waals surface area contributed by atoms with Crippen LogP contribution < -0.4 is 10.6 Å². The van der Waals surface area contributed by atoms with Gasteiger partial charge >= 0.3 is 12.0 Å². The van der Waals surface area contributed by atoms with E-state index in [1.165, 1.54) is 0 Å². The van der Waals surface area contributed by atoms with Crippen LogP contribution in [0.5, 0.6) is 0 Å². The van der Waals surface area contributed by atoms with Crippen LogP contribution in [0.15, 0.2) is 27.1 Å². The van der Waals surface area contributed by atoms with Crippen molar-refractivity contribution >= 4 is 49.5 Å². The highest BCUT2D eigenvalue weighted by molar-refractivity contribution is 9.11. The first-order chi connectivity index (χ1) is 9.11. The van der Waals surface area contributed by atoms with Gasteiger partial charge in [0.2, 0.25) is 0 Å². The standard InChI is InChI=1S/C13H16Br2N2O3/c1-13(2,3)10(11(18)19)17-12(20)16-9-5-4-7(14)6-8(9)15/h4-6,10H,1-3H3,(H,18,19)(H2,16,17,20)/t10-/m1/s1. The fourth-order valence-corrected chi connectivity index (χ4v) is 2.68. The Morgan fingerprint density at radius 2 is 1.85 bits per heavy atom. The molecule has 0 aliphatic rings.